The Bertz CT molecular complexity index is 132. The van der Waals surface area contributed by atoms with Crippen molar-refractivity contribution in [3.63, 3.8) is 0 Å². The molecule has 1 fully saturated rings. The zero-order valence-corrected chi connectivity index (χ0v) is 7.25. The number of hydrogen-bond acceptors (Lipinski definition) is 2. The van der Waals surface area contributed by atoms with Crippen molar-refractivity contribution in [2.45, 2.75) is 20.0 Å². The summed E-state index contributed by atoms with van der Waals surface area (Å²) in [5.41, 5.74) is 0. The Kier molecular flexibility index (Phi) is 3.60. The van der Waals surface area contributed by atoms with Crippen LogP contribution in [0.4, 0.5) is 0 Å². The molecular formula is C9H16O2. The molecule has 0 aromatic rings. The molecule has 0 N–H and O–H groups in total. The lowest BCUT2D eigenvalue weighted by Crippen LogP contribution is -2.19. The Labute approximate surface area is 68.2 Å². The summed E-state index contributed by atoms with van der Waals surface area (Å²) in [4.78, 5) is 0. The van der Waals surface area contributed by atoms with Gasteiger partial charge < -0.3 is 9.47 Å². The van der Waals surface area contributed by atoms with Gasteiger partial charge in [0.1, 0.15) is 0 Å². The van der Waals surface area contributed by atoms with E-state index in [9.17, 15) is 0 Å². The highest BCUT2D eigenvalue weighted by atomic mass is 16.5. The molecule has 0 aromatic heterocycles. The third-order valence-corrected chi connectivity index (χ3v) is 1.94. The van der Waals surface area contributed by atoms with Crippen molar-refractivity contribution in [2.24, 2.45) is 5.92 Å². The summed E-state index contributed by atoms with van der Waals surface area (Å²) >= 11 is 0. The van der Waals surface area contributed by atoms with Crippen molar-refractivity contribution in [1.82, 2.24) is 0 Å². The molecule has 1 aliphatic heterocycles. The summed E-state index contributed by atoms with van der Waals surface area (Å²) in [5.74, 6) is 0.556. The van der Waals surface area contributed by atoms with Crippen molar-refractivity contribution in [1.29, 1.82) is 0 Å². The van der Waals surface area contributed by atoms with Gasteiger partial charge >= 0.3 is 0 Å². The maximum absolute atomic E-state index is 5.54. The molecule has 0 saturated carbocycles. The highest BCUT2D eigenvalue weighted by Crippen LogP contribution is 2.15. The molecule has 0 spiro atoms. The summed E-state index contributed by atoms with van der Waals surface area (Å²) in [6, 6.07) is 0. The fourth-order valence-electron chi connectivity index (χ4n) is 1.13. The highest BCUT2D eigenvalue weighted by molar-refractivity contribution is 4.79. The molecule has 2 unspecified atom stereocenters. The summed E-state index contributed by atoms with van der Waals surface area (Å²) in [6.07, 6.45) is 4.33. The molecule has 0 aromatic carbocycles. The smallest absolute Gasteiger partial charge is 0.0860 e. The fourth-order valence-corrected chi connectivity index (χ4v) is 1.13. The summed E-state index contributed by atoms with van der Waals surface area (Å²) in [6.45, 7) is 6.49. The van der Waals surface area contributed by atoms with E-state index in [0.29, 0.717) is 12.0 Å². The van der Waals surface area contributed by atoms with Crippen LogP contribution in [0.5, 0.6) is 0 Å². The third kappa shape index (κ3) is 2.64. The van der Waals surface area contributed by atoms with Crippen LogP contribution in [0.15, 0.2) is 12.2 Å². The monoisotopic (exact) mass is 156 g/mol. The van der Waals surface area contributed by atoms with Crippen LogP contribution in [-0.4, -0.2) is 25.9 Å². The van der Waals surface area contributed by atoms with Crippen LogP contribution in [0.2, 0.25) is 0 Å². The lowest BCUT2D eigenvalue weighted by atomic mass is 10.1. The standard InChI is InChI=1S/C9H16O2/c1-3-4-5-11-9-7-10-6-8(9)2/h3-4,8-9H,5-7H2,1-2H3/b4-3+. The first-order chi connectivity index (χ1) is 5.34. The molecule has 1 saturated heterocycles. The first-order valence-electron chi connectivity index (χ1n) is 4.15. The molecule has 1 aliphatic rings. The molecule has 2 atom stereocenters. The topological polar surface area (TPSA) is 18.5 Å². The van der Waals surface area contributed by atoms with E-state index in [4.69, 9.17) is 9.47 Å². The average molecular weight is 156 g/mol. The Balaban J connectivity index is 2.15. The van der Waals surface area contributed by atoms with Gasteiger partial charge in [0.15, 0.2) is 0 Å². The Morgan fingerprint density at radius 3 is 2.91 bits per heavy atom. The molecule has 1 heterocycles. The molecule has 11 heavy (non-hydrogen) atoms. The van der Waals surface area contributed by atoms with Crippen LogP contribution in [-0.2, 0) is 9.47 Å². The van der Waals surface area contributed by atoms with Gasteiger partial charge in [-0.25, -0.2) is 0 Å². The minimum Gasteiger partial charge on any atom is -0.378 e. The van der Waals surface area contributed by atoms with E-state index in [-0.39, 0.29) is 0 Å². The van der Waals surface area contributed by atoms with Crippen molar-refractivity contribution >= 4 is 0 Å². The second-order valence-corrected chi connectivity index (χ2v) is 2.96. The molecule has 1 rings (SSSR count). The molecule has 64 valence electrons. The first kappa shape index (κ1) is 8.75. The summed E-state index contributed by atoms with van der Waals surface area (Å²) in [7, 11) is 0. The van der Waals surface area contributed by atoms with Crippen LogP contribution < -0.4 is 0 Å². The quantitative estimate of drug-likeness (QED) is 0.578. The zero-order valence-electron chi connectivity index (χ0n) is 7.25. The third-order valence-electron chi connectivity index (χ3n) is 1.94. The van der Waals surface area contributed by atoms with E-state index in [1.807, 2.05) is 19.1 Å². The van der Waals surface area contributed by atoms with Crippen molar-refractivity contribution in [2.75, 3.05) is 19.8 Å². The molecular weight excluding hydrogens is 140 g/mol. The van der Waals surface area contributed by atoms with Crippen molar-refractivity contribution in [3.8, 4) is 0 Å². The van der Waals surface area contributed by atoms with E-state index < -0.39 is 0 Å². The predicted molar refractivity (Wildman–Crippen MR) is 44.5 cm³/mol. The molecule has 0 bridgehead atoms. The Hall–Kier alpha value is -0.340. The normalized spacial score (nSPS) is 31.8. The van der Waals surface area contributed by atoms with Crippen LogP contribution in [0.1, 0.15) is 13.8 Å². The largest absolute Gasteiger partial charge is 0.378 e. The second-order valence-electron chi connectivity index (χ2n) is 2.96. The van der Waals surface area contributed by atoms with Crippen molar-refractivity contribution < 1.29 is 9.47 Å². The lowest BCUT2D eigenvalue weighted by Gasteiger charge is -2.12. The highest BCUT2D eigenvalue weighted by Gasteiger charge is 2.24. The van der Waals surface area contributed by atoms with Crippen LogP contribution in [0, 0.1) is 5.92 Å². The molecule has 0 amide bonds. The van der Waals surface area contributed by atoms with E-state index >= 15 is 0 Å². The summed E-state index contributed by atoms with van der Waals surface area (Å²) in [5, 5.41) is 0. The Morgan fingerprint density at radius 2 is 2.36 bits per heavy atom. The van der Waals surface area contributed by atoms with E-state index in [1.54, 1.807) is 0 Å². The van der Waals surface area contributed by atoms with Crippen molar-refractivity contribution in [3.05, 3.63) is 12.2 Å². The predicted octanol–water partition coefficient (Wildman–Crippen LogP) is 1.61. The van der Waals surface area contributed by atoms with Gasteiger partial charge in [0, 0.05) is 5.92 Å². The number of allylic oxidation sites excluding steroid dienone is 1. The second kappa shape index (κ2) is 4.52. The van der Waals surface area contributed by atoms with Gasteiger partial charge in [0.25, 0.3) is 0 Å². The maximum atomic E-state index is 5.54. The van der Waals surface area contributed by atoms with Gasteiger partial charge in [0.2, 0.25) is 0 Å². The lowest BCUT2D eigenvalue weighted by molar-refractivity contribution is 0.0465. The minimum absolute atomic E-state index is 0.311. The van der Waals surface area contributed by atoms with Crippen LogP contribution in [0.3, 0.4) is 0 Å². The van der Waals surface area contributed by atoms with Crippen LogP contribution >= 0.6 is 0 Å². The van der Waals surface area contributed by atoms with E-state index in [2.05, 4.69) is 6.92 Å². The zero-order chi connectivity index (χ0) is 8.10. The van der Waals surface area contributed by atoms with Crippen LogP contribution in [0.25, 0.3) is 0 Å². The number of hydrogen-bond donors (Lipinski definition) is 0. The van der Waals surface area contributed by atoms with E-state index in [0.717, 1.165) is 19.8 Å². The SMILES string of the molecule is C/C=C/COC1COCC1C. The molecule has 2 heteroatoms. The fraction of sp³-hybridized carbons (Fsp3) is 0.778. The molecule has 2 nitrogen and oxygen atoms in total. The van der Waals surface area contributed by atoms with Gasteiger partial charge in [-0.2, -0.15) is 0 Å². The van der Waals surface area contributed by atoms with E-state index in [1.165, 1.54) is 0 Å². The van der Waals surface area contributed by atoms with Gasteiger partial charge in [-0.1, -0.05) is 19.1 Å². The molecule has 0 radical (unpaired) electrons. The number of rotatable bonds is 3. The number of ether oxygens (including phenoxy) is 2. The van der Waals surface area contributed by atoms with Gasteiger partial charge in [-0.15, -0.1) is 0 Å². The molecule has 0 aliphatic carbocycles. The maximum Gasteiger partial charge on any atom is 0.0860 e. The summed E-state index contributed by atoms with van der Waals surface area (Å²) < 4.78 is 10.8. The van der Waals surface area contributed by atoms with Gasteiger partial charge in [-0.3, -0.25) is 0 Å². The van der Waals surface area contributed by atoms with Gasteiger partial charge in [-0.05, 0) is 6.92 Å². The van der Waals surface area contributed by atoms with Gasteiger partial charge in [0.05, 0.1) is 25.9 Å². The minimum atomic E-state index is 0.311. The Morgan fingerprint density at radius 1 is 1.55 bits per heavy atom. The average Bonchev–Trinajstić information content (AvgIpc) is 2.37. The first-order valence-corrected chi connectivity index (χ1v) is 4.15.